The van der Waals surface area contributed by atoms with Crippen LogP contribution in [0.4, 0.5) is 10.5 Å². The molecule has 0 saturated carbocycles. The number of benzene rings is 2. The topological polar surface area (TPSA) is 81.4 Å². The molecule has 2 unspecified atom stereocenters. The number of nitrogens with two attached hydrogens (primary N) is 1. The van der Waals surface area contributed by atoms with Crippen LogP contribution in [-0.4, -0.2) is 11.3 Å². The van der Waals surface area contributed by atoms with Gasteiger partial charge < -0.3 is 4.52 Å². The lowest BCUT2D eigenvalue weighted by atomic mass is 10.1. The van der Waals surface area contributed by atoms with Crippen LogP contribution in [0.1, 0.15) is 20.3 Å². The van der Waals surface area contributed by atoms with Gasteiger partial charge >= 0.3 is 12.8 Å². The van der Waals surface area contributed by atoms with Gasteiger partial charge in [0, 0.05) is 10.9 Å². The number of amides is 1. The third kappa shape index (κ3) is 4.77. The molecule has 0 aliphatic heterocycles. The molecule has 0 aliphatic rings. The van der Waals surface area contributed by atoms with E-state index in [-0.39, 0.29) is 5.25 Å². The third-order valence-electron chi connectivity index (χ3n) is 3.11. The maximum Gasteiger partial charge on any atom is 0.418 e. The van der Waals surface area contributed by atoms with Gasteiger partial charge in [0.1, 0.15) is 0 Å². The second-order valence-electron chi connectivity index (χ2n) is 4.93. The molecule has 2 aromatic carbocycles. The van der Waals surface area contributed by atoms with Crippen LogP contribution in [0.25, 0.3) is 10.8 Å². The molecule has 0 saturated heterocycles. The van der Waals surface area contributed by atoms with Gasteiger partial charge in [-0.2, -0.15) is 0 Å². The Morgan fingerprint density at radius 2 is 2.00 bits per heavy atom. The lowest BCUT2D eigenvalue weighted by molar-refractivity contribution is 0.217. The minimum absolute atomic E-state index is 0.0595. The Labute approximate surface area is 133 Å². The van der Waals surface area contributed by atoms with Crippen LogP contribution < -0.4 is 10.8 Å². The lowest BCUT2D eigenvalue weighted by Crippen LogP contribution is -2.14. The van der Waals surface area contributed by atoms with Crippen molar-refractivity contribution >= 4 is 40.7 Å². The van der Waals surface area contributed by atoms with Crippen LogP contribution in [-0.2, 0) is 9.09 Å². The second kappa shape index (κ2) is 7.18. The zero-order valence-electron chi connectivity index (χ0n) is 12.5. The molecule has 7 heteroatoms. The lowest BCUT2D eigenvalue weighted by Gasteiger charge is -2.16. The number of hydrogen-bond acceptors (Lipinski definition) is 4. The first kappa shape index (κ1) is 16.9. The smallest absolute Gasteiger partial charge is 0.376 e. The average molecular weight is 338 g/mol. The molecule has 118 valence electrons. The minimum Gasteiger partial charge on any atom is -0.376 e. The Morgan fingerprint density at radius 3 is 2.68 bits per heavy atom. The molecule has 0 radical (unpaired) electrons. The highest BCUT2D eigenvalue weighted by Gasteiger charge is 2.25. The standard InChI is InChI=1S/C15H19N2O3PS/c1-3-11(2)22-21(16,19)20-15(18)17-14-9-8-12-6-4-5-7-13(12)10-14/h4-11H,3H2,1-2H3,(H2,16,19)(H,17,18). The van der Waals surface area contributed by atoms with E-state index in [1.807, 2.05) is 50.2 Å². The maximum atomic E-state index is 12.1. The molecular weight excluding hydrogens is 319 g/mol. The van der Waals surface area contributed by atoms with Crippen molar-refractivity contribution in [2.24, 2.45) is 5.50 Å². The first-order valence-corrected chi connectivity index (χ1v) is 10.1. The Bertz CT molecular complexity index is 723. The molecule has 2 aromatic rings. The van der Waals surface area contributed by atoms with Gasteiger partial charge in [-0.05, 0) is 40.7 Å². The molecule has 22 heavy (non-hydrogen) atoms. The average Bonchev–Trinajstić information content (AvgIpc) is 2.45. The molecule has 0 aliphatic carbocycles. The third-order valence-corrected chi connectivity index (χ3v) is 6.70. The summed E-state index contributed by atoms with van der Waals surface area (Å²) in [6, 6.07) is 13.3. The highest BCUT2D eigenvalue weighted by atomic mass is 32.7. The molecule has 1 amide bonds. The van der Waals surface area contributed by atoms with E-state index in [0.29, 0.717) is 5.69 Å². The maximum absolute atomic E-state index is 12.1. The van der Waals surface area contributed by atoms with Gasteiger partial charge in [0.15, 0.2) is 0 Å². The van der Waals surface area contributed by atoms with Crippen molar-refractivity contribution in [1.29, 1.82) is 0 Å². The van der Waals surface area contributed by atoms with E-state index >= 15 is 0 Å². The predicted molar refractivity (Wildman–Crippen MR) is 93.2 cm³/mol. The van der Waals surface area contributed by atoms with E-state index < -0.39 is 12.8 Å². The number of fused-ring (bicyclic) bond motifs is 1. The number of carbonyl (C=O) groups is 1. The second-order valence-corrected chi connectivity index (χ2v) is 9.37. The molecule has 2 atom stereocenters. The van der Waals surface area contributed by atoms with E-state index in [2.05, 4.69) is 5.32 Å². The predicted octanol–water partition coefficient (Wildman–Crippen LogP) is 4.99. The van der Waals surface area contributed by atoms with Gasteiger partial charge in [0.2, 0.25) is 0 Å². The summed E-state index contributed by atoms with van der Waals surface area (Å²) in [6.07, 6.45) is -0.0152. The zero-order chi connectivity index (χ0) is 16.2. The SMILES string of the molecule is CCC(C)SP(N)(=O)OC(=O)Nc1ccc2ccccc2c1. The first-order chi connectivity index (χ1) is 10.4. The summed E-state index contributed by atoms with van der Waals surface area (Å²) in [5.74, 6) is 0. The van der Waals surface area contributed by atoms with Crippen molar-refractivity contribution in [2.45, 2.75) is 25.5 Å². The minimum atomic E-state index is -3.50. The Kier molecular flexibility index (Phi) is 5.51. The van der Waals surface area contributed by atoms with Gasteiger partial charge in [-0.3, -0.25) is 5.32 Å². The number of anilines is 1. The molecule has 0 heterocycles. The molecule has 0 spiro atoms. The van der Waals surface area contributed by atoms with E-state index in [1.54, 1.807) is 6.07 Å². The Hall–Kier alpha value is -1.49. The van der Waals surface area contributed by atoms with Crippen molar-refractivity contribution in [1.82, 2.24) is 0 Å². The van der Waals surface area contributed by atoms with E-state index in [4.69, 9.17) is 10.0 Å². The summed E-state index contributed by atoms with van der Waals surface area (Å²) >= 11 is 0.994. The Balaban J connectivity index is 2.02. The molecule has 5 nitrogen and oxygen atoms in total. The summed E-state index contributed by atoms with van der Waals surface area (Å²) in [4.78, 5) is 11.8. The number of rotatable bonds is 5. The van der Waals surface area contributed by atoms with Crippen LogP contribution in [0.5, 0.6) is 0 Å². The quantitative estimate of drug-likeness (QED) is 0.751. The van der Waals surface area contributed by atoms with Crippen molar-refractivity contribution in [3.05, 3.63) is 42.5 Å². The van der Waals surface area contributed by atoms with Crippen LogP contribution in [0.15, 0.2) is 42.5 Å². The molecule has 2 rings (SSSR count). The number of nitrogens with one attached hydrogen (secondary N) is 1. The normalized spacial score (nSPS) is 15.0. The summed E-state index contributed by atoms with van der Waals surface area (Å²) < 4.78 is 16.9. The highest BCUT2D eigenvalue weighted by Crippen LogP contribution is 2.55. The zero-order valence-corrected chi connectivity index (χ0v) is 14.2. The van der Waals surface area contributed by atoms with E-state index in [0.717, 1.165) is 28.6 Å². The monoisotopic (exact) mass is 338 g/mol. The molecule has 0 fully saturated rings. The van der Waals surface area contributed by atoms with E-state index in [9.17, 15) is 9.36 Å². The van der Waals surface area contributed by atoms with Crippen LogP contribution in [0, 0.1) is 0 Å². The summed E-state index contributed by atoms with van der Waals surface area (Å²) in [5.41, 5.74) is 6.14. The molecular formula is C15H19N2O3PS. The summed E-state index contributed by atoms with van der Waals surface area (Å²) in [7, 11) is 0. The summed E-state index contributed by atoms with van der Waals surface area (Å²) in [6.45, 7) is 0.333. The van der Waals surface area contributed by atoms with Crippen LogP contribution in [0.3, 0.4) is 0 Å². The van der Waals surface area contributed by atoms with Crippen molar-refractivity contribution in [3.8, 4) is 0 Å². The number of carbonyl (C=O) groups excluding carboxylic acids is 1. The Morgan fingerprint density at radius 1 is 1.32 bits per heavy atom. The first-order valence-electron chi connectivity index (χ1n) is 6.96. The largest absolute Gasteiger partial charge is 0.418 e. The van der Waals surface area contributed by atoms with Gasteiger partial charge in [-0.25, -0.2) is 14.9 Å². The van der Waals surface area contributed by atoms with Gasteiger partial charge in [-0.1, -0.05) is 44.2 Å². The fourth-order valence-electron chi connectivity index (χ4n) is 1.87. The summed E-state index contributed by atoms with van der Waals surface area (Å²) in [5, 5.41) is 4.67. The van der Waals surface area contributed by atoms with Gasteiger partial charge in [0.25, 0.3) is 0 Å². The van der Waals surface area contributed by atoms with Crippen molar-refractivity contribution < 1.29 is 13.9 Å². The molecule has 0 bridgehead atoms. The fourth-order valence-corrected chi connectivity index (χ4v) is 5.12. The van der Waals surface area contributed by atoms with Crippen molar-refractivity contribution in [2.75, 3.05) is 5.32 Å². The van der Waals surface area contributed by atoms with Gasteiger partial charge in [-0.15, -0.1) is 0 Å². The van der Waals surface area contributed by atoms with Gasteiger partial charge in [0.05, 0.1) is 0 Å². The number of hydrogen-bond donors (Lipinski definition) is 2. The highest BCUT2D eigenvalue weighted by molar-refractivity contribution is 8.56. The molecule has 0 aromatic heterocycles. The van der Waals surface area contributed by atoms with Crippen LogP contribution >= 0.6 is 18.1 Å². The molecule has 3 N–H and O–H groups in total. The van der Waals surface area contributed by atoms with Crippen LogP contribution in [0.2, 0.25) is 0 Å². The fraction of sp³-hybridized carbons (Fsp3) is 0.267. The van der Waals surface area contributed by atoms with E-state index in [1.165, 1.54) is 0 Å². The van der Waals surface area contributed by atoms with Crippen molar-refractivity contribution in [3.63, 3.8) is 0 Å².